The minimum Gasteiger partial charge on any atom is -0.502 e. The maximum atomic E-state index is 12.3. The second-order valence-corrected chi connectivity index (χ2v) is 7.36. The number of aromatic hydroxyl groups is 1. The third-order valence-corrected chi connectivity index (χ3v) is 5.89. The van der Waals surface area contributed by atoms with E-state index in [0.717, 1.165) is 11.8 Å². The first-order chi connectivity index (χ1) is 14.5. The molecule has 0 bridgehead atoms. The summed E-state index contributed by atoms with van der Waals surface area (Å²) in [5, 5.41) is 21.4. The third kappa shape index (κ3) is 3.12. The van der Waals surface area contributed by atoms with Crippen molar-refractivity contribution in [3.05, 3.63) is 41.0 Å². The van der Waals surface area contributed by atoms with Crippen LogP contribution in [0.25, 0.3) is 0 Å². The molecule has 2 N–H and O–H groups in total. The molecule has 0 spiro atoms. The first-order valence-electron chi connectivity index (χ1n) is 9.54. The van der Waals surface area contributed by atoms with Crippen LogP contribution >= 0.6 is 0 Å². The highest BCUT2D eigenvalue weighted by atomic mass is 16.7. The molecule has 0 saturated heterocycles. The smallest absolute Gasteiger partial charge is 0.231 e. The average molecular weight is 416 g/mol. The number of carbonyl (C=O) groups excluding carboxylic acids is 1. The summed E-state index contributed by atoms with van der Waals surface area (Å²) >= 11 is 0. The Balaban J connectivity index is 1.95. The average Bonchev–Trinajstić information content (AvgIpc) is 3.22. The van der Waals surface area contributed by atoms with Crippen molar-refractivity contribution < 1.29 is 38.7 Å². The molecule has 2 aliphatic rings. The molecule has 1 heterocycles. The second kappa shape index (κ2) is 8.04. The molecule has 2 aromatic carbocycles. The number of benzene rings is 2. The Morgan fingerprint density at radius 3 is 2.17 bits per heavy atom. The van der Waals surface area contributed by atoms with Crippen molar-refractivity contribution in [2.45, 2.75) is 12.0 Å². The minimum atomic E-state index is -0.915. The molecule has 3 unspecified atom stereocenters. The Morgan fingerprint density at radius 2 is 1.63 bits per heavy atom. The monoisotopic (exact) mass is 416 g/mol. The Kier molecular flexibility index (Phi) is 5.44. The van der Waals surface area contributed by atoms with E-state index in [4.69, 9.17) is 23.7 Å². The maximum Gasteiger partial charge on any atom is 0.231 e. The Labute approximate surface area is 173 Å². The lowest BCUT2D eigenvalue weighted by Crippen LogP contribution is -2.37. The van der Waals surface area contributed by atoms with E-state index in [-0.39, 0.29) is 30.6 Å². The number of phenols is 1. The number of aliphatic hydroxyl groups excluding tert-OH is 1. The summed E-state index contributed by atoms with van der Waals surface area (Å²) in [4.78, 5) is 12.3. The Bertz CT molecular complexity index is 931. The minimum absolute atomic E-state index is 0.0957. The molecule has 0 saturated carbocycles. The molecule has 30 heavy (non-hydrogen) atoms. The van der Waals surface area contributed by atoms with Gasteiger partial charge in [0.05, 0.1) is 26.9 Å². The van der Waals surface area contributed by atoms with Crippen LogP contribution in [-0.4, -0.2) is 51.2 Å². The molecule has 1 aliphatic carbocycles. The van der Waals surface area contributed by atoms with Gasteiger partial charge < -0.3 is 38.7 Å². The highest BCUT2D eigenvalue weighted by Crippen LogP contribution is 2.53. The van der Waals surface area contributed by atoms with Crippen LogP contribution in [0.1, 0.15) is 28.7 Å². The van der Waals surface area contributed by atoms with E-state index in [1.54, 1.807) is 24.3 Å². The van der Waals surface area contributed by atoms with Crippen molar-refractivity contribution in [1.82, 2.24) is 0 Å². The van der Waals surface area contributed by atoms with E-state index in [1.807, 2.05) is 0 Å². The highest BCUT2D eigenvalue weighted by Gasteiger charge is 2.44. The molecule has 0 fully saturated rings. The predicted octanol–water partition coefficient (Wildman–Crippen LogP) is 2.39. The molecule has 4 atom stereocenters. The molecule has 0 radical (unpaired) electrons. The van der Waals surface area contributed by atoms with Gasteiger partial charge in [-0.25, -0.2) is 0 Å². The van der Waals surface area contributed by atoms with Crippen LogP contribution in [0.15, 0.2) is 24.3 Å². The number of hydrogen-bond donors (Lipinski definition) is 2. The second-order valence-electron chi connectivity index (χ2n) is 7.36. The molecule has 0 amide bonds. The fourth-order valence-corrected chi connectivity index (χ4v) is 4.46. The van der Waals surface area contributed by atoms with Crippen molar-refractivity contribution in [3.63, 3.8) is 0 Å². The summed E-state index contributed by atoms with van der Waals surface area (Å²) in [6.45, 7) is 0.291. The van der Waals surface area contributed by atoms with Gasteiger partial charge in [-0.1, -0.05) is 0 Å². The lowest BCUT2D eigenvalue weighted by Gasteiger charge is -2.40. The van der Waals surface area contributed by atoms with Gasteiger partial charge >= 0.3 is 0 Å². The van der Waals surface area contributed by atoms with Crippen molar-refractivity contribution in [2.24, 2.45) is 11.8 Å². The van der Waals surface area contributed by atoms with Crippen LogP contribution in [0, 0.1) is 11.8 Å². The van der Waals surface area contributed by atoms with Gasteiger partial charge in [-0.05, 0) is 41.0 Å². The number of aliphatic hydroxyl groups is 1. The van der Waals surface area contributed by atoms with Gasteiger partial charge in [0.2, 0.25) is 12.5 Å². The molecule has 1 aliphatic heterocycles. The van der Waals surface area contributed by atoms with Crippen LogP contribution in [0.2, 0.25) is 0 Å². The molecule has 2 aromatic rings. The van der Waals surface area contributed by atoms with E-state index < -0.39 is 23.9 Å². The topological polar surface area (TPSA) is 104 Å². The Morgan fingerprint density at radius 1 is 1.03 bits per heavy atom. The van der Waals surface area contributed by atoms with Crippen LogP contribution in [-0.2, 0) is 9.53 Å². The zero-order chi connectivity index (χ0) is 21.4. The lowest BCUT2D eigenvalue weighted by molar-refractivity contribution is -0.117. The van der Waals surface area contributed by atoms with E-state index in [9.17, 15) is 15.0 Å². The van der Waals surface area contributed by atoms with Gasteiger partial charge in [-0.3, -0.25) is 0 Å². The van der Waals surface area contributed by atoms with Crippen molar-refractivity contribution in [2.75, 3.05) is 34.7 Å². The van der Waals surface area contributed by atoms with E-state index in [1.165, 1.54) is 21.3 Å². The van der Waals surface area contributed by atoms with Crippen LogP contribution in [0.5, 0.6) is 28.7 Å². The quantitative estimate of drug-likeness (QED) is 0.692. The maximum absolute atomic E-state index is 12.3. The Hall–Kier alpha value is -2.97. The molecular weight excluding hydrogens is 392 g/mol. The first kappa shape index (κ1) is 20.3. The molecule has 0 aromatic heterocycles. The molecule has 8 nitrogen and oxygen atoms in total. The van der Waals surface area contributed by atoms with Gasteiger partial charge in [0.1, 0.15) is 6.29 Å². The predicted molar refractivity (Wildman–Crippen MR) is 105 cm³/mol. The van der Waals surface area contributed by atoms with Gasteiger partial charge in [0, 0.05) is 24.9 Å². The van der Waals surface area contributed by atoms with Crippen molar-refractivity contribution >= 4 is 6.29 Å². The number of fused-ring (bicyclic) bond motifs is 2. The number of rotatable bonds is 6. The zero-order valence-electron chi connectivity index (χ0n) is 17.0. The standard InChI is InChI=1S/C22H24O8/c1-26-9-15-14(8-23)20(11-4-18(27-2)22(25)19(5-11)28-3)12-6-16-17(30-10-29-16)7-13(12)21(15)24/h4-8,14-15,20-21,24-25H,9-10H2,1-3H3/t14?,15-,20?,21?/m0/s1. The molecular formula is C22H24O8. The van der Waals surface area contributed by atoms with E-state index in [2.05, 4.69) is 0 Å². The van der Waals surface area contributed by atoms with Crippen LogP contribution in [0.3, 0.4) is 0 Å². The van der Waals surface area contributed by atoms with Gasteiger partial charge in [-0.15, -0.1) is 0 Å². The van der Waals surface area contributed by atoms with Crippen molar-refractivity contribution in [1.29, 1.82) is 0 Å². The summed E-state index contributed by atoms with van der Waals surface area (Å²) in [6, 6.07) is 6.91. The van der Waals surface area contributed by atoms with Gasteiger partial charge in [0.25, 0.3) is 0 Å². The summed E-state index contributed by atoms with van der Waals surface area (Å²) < 4.78 is 27.0. The normalized spacial score (nSPS) is 24.3. The summed E-state index contributed by atoms with van der Waals surface area (Å²) in [5.41, 5.74) is 2.09. The number of phenolic OH excluding ortho intramolecular Hbond substituents is 1. The van der Waals surface area contributed by atoms with Gasteiger partial charge in [-0.2, -0.15) is 0 Å². The number of carbonyl (C=O) groups is 1. The SMILES string of the molecule is COC[C@@H]1C(O)c2cc3c(cc2C(c2cc(OC)c(O)c(OC)c2)C1C=O)OCO3. The summed E-state index contributed by atoms with van der Waals surface area (Å²) in [5.74, 6) is -0.0773. The summed E-state index contributed by atoms with van der Waals surface area (Å²) in [6.07, 6.45) is -0.0708. The highest BCUT2D eigenvalue weighted by molar-refractivity contribution is 5.65. The zero-order valence-corrected chi connectivity index (χ0v) is 17.0. The van der Waals surface area contributed by atoms with Crippen molar-refractivity contribution in [3.8, 4) is 28.7 Å². The number of aldehydes is 1. The van der Waals surface area contributed by atoms with Crippen LogP contribution in [0.4, 0.5) is 0 Å². The fourth-order valence-electron chi connectivity index (χ4n) is 4.46. The third-order valence-electron chi connectivity index (χ3n) is 5.89. The lowest BCUT2D eigenvalue weighted by atomic mass is 9.65. The number of hydrogen-bond acceptors (Lipinski definition) is 8. The summed E-state index contributed by atoms with van der Waals surface area (Å²) in [7, 11) is 4.42. The first-order valence-corrected chi connectivity index (χ1v) is 9.54. The van der Waals surface area contributed by atoms with Gasteiger partial charge in [0.15, 0.2) is 23.0 Å². The fraction of sp³-hybridized carbons (Fsp3) is 0.409. The molecule has 4 rings (SSSR count). The largest absolute Gasteiger partial charge is 0.502 e. The molecule has 8 heteroatoms. The molecule has 160 valence electrons. The van der Waals surface area contributed by atoms with E-state index in [0.29, 0.717) is 22.6 Å². The van der Waals surface area contributed by atoms with Crippen LogP contribution < -0.4 is 18.9 Å². The van der Waals surface area contributed by atoms with E-state index >= 15 is 0 Å². The number of ether oxygens (including phenoxy) is 5. The number of methoxy groups -OCH3 is 3.